The molecule has 1 aliphatic carbocycles. The van der Waals surface area contributed by atoms with E-state index in [-0.39, 0.29) is 0 Å². The summed E-state index contributed by atoms with van der Waals surface area (Å²) >= 11 is 9.97. The molecule has 1 saturated carbocycles. The van der Waals surface area contributed by atoms with Crippen LogP contribution in [-0.4, -0.2) is 33.1 Å². The van der Waals surface area contributed by atoms with Crippen LogP contribution < -0.4 is 0 Å². The molecule has 1 fully saturated rings. The normalized spacial score (nSPS) is 23.4. The van der Waals surface area contributed by atoms with E-state index < -0.39 is 0 Å². The average Bonchev–Trinajstić information content (AvgIpc) is 2.55. The minimum atomic E-state index is 0.739. The molecule has 1 heterocycles. The van der Waals surface area contributed by atoms with Gasteiger partial charge < -0.3 is 4.90 Å². The summed E-state index contributed by atoms with van der Waals surface area (Å²) in [6.45, 7) is 6.99. The van der Waals surface area contributed by atoms with E-state index in [1.165, 1.54) is 12.8 Å². The van der Waals surface area contributed by atoms with Gasteiger partial charge in [0.25, 0.3) is 0 Å². The molecule has 5 heteroatoms. The van der Waals surface area contributed by atoms with Crippen molar-refractivity contribution in [2.24, 2.45) is 5.92 Å². The highest BCUT2D eigenvalue weighted by Gasteiger charge is 2.28. The summed E-state index contributed by atoms with van der Waals surface area (Å²) in [5.74, 6) is 0.831. The number of aromatic nitrogens is 2. The van der Waals surface area contributed by atoms with Crippen molar-refractivity contribution in [2.75, 3.05) is 13.6 Å². The summed E-state index contributed by atoms with van der Waals surface area (Å²) in [6, 6.07) is 0. The second-order valence-electron chi connectivity index (χ2n) is 5.29. The van der Waals surface area contributed by atoms with Gasteiger partial charge in [-0.1, -0.05) is 27.5 Å². The number of aryl methyl sites for hydroxylation is 2. The molecule has 1 aromatic heterocycles. The van der Waals surface area contributed by atoms with Crippen LogP contribution in [0.5, 0.6) is 0 Å². The molecule has 0 unspecified atom stereocenters. The van der Waals surface area contributed by atoms with Crippen molar-refractivity contribution in [2.45, 2.75) is 44.6 Å². The Morgan fingerprint density at radius 2 is 2.17 bits per heavy atom. The van der Waals surface area contributed by atoms with Crippen LogP contribution in [0.1, 0.15) is 31.2 Å². The third-order valence-electron chi connectivity index (χ3n) is 3.62. The van der Waals surface area contributed by atoms with E-state index in [0.29, 0.717) is 0 Å². The first-order valence-corrected chi connectivity index (χ1v) is 7.85. The van der Waals surface area contributed by atoms with Gasteiger partial charge in [0.1, 0.15) is 0 Å². The number of alkyl halides is 1. The largest absolute Gasteiger partial charge is 0.300 e. The zero-order valence-corrected chi connectivity index (χ0v) is 13.6. The quantitative estimate of drug-likeness (QED) is 0.769. The van der Waals surface area contributed by atoms with Crippen molar-refractivity contribution >= 4 is 27.5 Å². The highest BCUT2D eigenvalue weighted by atomic mass is 79.9. The standard InChI is InChI=1S/C13H21BrClN3/c1-4-18-12(13(15)9(2)16-18)8-17(3)7-10-5-11(14)6-10/h10-11H,4-8H2,1-3H3. The molecule has 3 nitrogen and oxygen atoms in total. The fourth-order valence-electron chi connectivity index (χ4n) is 2.58. The minimum absolute atomic E-state index is 0.739. The minimum Gasteiger partial charge on any atom is -0.300 e. The maximum absolute atomic E-state index is 6.33. The number of hydrogen-bond acceptors (Lipinski definition) is 2. The Labute approximate surface area is 123 Å². The van der Waals surface area contributed by atoms with Crippen molar-refractivity contribution in [3.63, 3.8) is 0 Å². The second-order valence-corrected chi connectivity index (χ2v) is 6.97. The van der Waals surface area contributed by atoms with Gasteiger partial charge in [0, 0.05) is 24.5 Å². The SMILES string of the molecule is CCn1nc(C)c(Cl)c1CN(C)CC1CC(Br)C1. The van der Waals surface area contributed by atoms with E-state index in [2.05, 4.69) is 39.9 Å². The smallest absolute Gasteiger partial charge is 0.0860 e. The van der Waals surface area contributed by atoms with E-state index in [1.54, 1.807) is 0 Å². The molecule has 0 aromatic carbocycles. The Balaban J connectivity index is 1.95. The Hall–Kier alpha value is -0.0600. The first-order valence-electron chi connectivity index (χ1n) is 6.55. The Bertz CT molecular complexity index is 413. The highest BCUT2D eigenvalue weighted by Crippen LogP contribution is 2.34. The van der Waals surface area contributed by atoms with Gasteiger partial charge in [-0.25, -0.2) is 0 Å². The predicted molar refractivity (Wildman–Crippen MR) is 79.4 cm³/mol. The first kappa shape index (κ1) is 14.4. The zero-order chi connectivity index (χ0) is 13.3. The molecule has 0 amide bonds. The predicted octanol–water partition coefficient (Wildman–Crippen LogP) is 3.47. The van der Waals surface area contributed by atoms with E-state index in [1.807, 2.05) is 11.6 Å². The van der Waals surface area contributed by atoms with E-state index >= 15 is 0 Å². The number of nitrogens with zero attached hydrogens (tertiary/aromatic N) is 3. The summed E-state index contributed by atoms with van der Waals surface area (Å²) in [5, 5.41) is 5.29. The fourth-order valence-corrected chi connectivity index (χ4v) is 3.84. The van der Waals surface area contributed by atoms with Crippen LogP contribution in [0, 0.1) is 12.8 Å². The van der Waals surface area contributed by atoms with Gasteiger partial charge >= 0.3 is 0 Å². The molecule has 102 valence electrons. The summed E-state index contributed by atoms with van der Waals surface area (Å²) in [4.78, 5) is 3.10. The van der Waals surface area contributed by atoms with Crippen LogP contribution >= 0.6 is 27.5 Å². The zero-order valence-electron chi connectivity index (χ0n) is 11.3. The lowest BCUT2D eigenvalue weighted by atomic mass is 9.85. The number of hydrogen-bond donors (Lipinski definition) is 0. The van der Waals surface area contributed by atoms with Gasteiger partial charge in [-0.2, -0.15) is 5.10 Å². The number of halogens is 2. The molecule has 0 spiro atoms. The van der Waals surface area contributed by atoms with E-state index in [9.17, 15) is 0 Å². The summed E-state index contributed by atoms with van der Waals surface area (Å²) in [7, 11) is 2.17. The maximum Gasteiger partial charge on any atom is 0.0860 e. The average molecular weight is 335 g/mol. The van der Waals surface area contributed by atoms with Crippen molar-refractivity contribution < 1.29 is 0 Å². The third kappa shape index (κ3) is 3.09. The van der Waals surface area contributed by atoms with Crippen molar-refractivity contribution in [3.8, 4) is 0 Å². The summed E-state index contributed by atoms with van der Waals surface area (Å²) < 4.78 is 2.02. The van der Waals surface area contributed by atoms with Gasteiger partial charge in [0.15, 0.2) is 0 Å². The van der Waals surface area contributed by atoms with Crippen molar-refractivity contribution in [1.29, 1.82) is 0 Å². The second kappa shape index (κ2) is 5.93. The summed E-state index contributed by atoms with van der Waals surface area (Å²) in [5.41, 5.74) is 2.08. The monoisotopic (exact) mass is 333 g/mol. The van der Waals surface area contributed by atoms with E-state index in [0.717, 1.165) is 46.8 Å². The van der Waals surface area contributed by atoms with Crippen LogP contribution in [0.25, 0.3) is 0 Å². The van der Waals surface area contributed by atoms with Gasteiger partial charge in [-0.15, -0.1) is 0 Å². The molecule has 0 atom stereocenters. The van der Waals surface area contributed by atoms with E-state index in [4.69, 9.17) is 11.6 Å². The lowest BCUT2D eigenvalue weighted by Crippen LogP contribution is -2.34. The Kier molecular flexibility index (Phi) is 4.73. The molecule has 0 saturated heterocycles. The molecule has 0 aliphatic heterocycles. The van der Waals surface area contributed by atoms with Gasteiger partial charge in [0.05, 0.1) is 16.4 Å². The van der Waals surface area contributed by atoms with Crippen molar-refractivity contribution in [1.82, 2.24) is 14.7 Å². The molecule has 0 bridgehead atoms. The Morgan fingerprint density at radius 1 is 1.50 bits per heavy atom. The topological polar surface area (TPSA) is 21.1 Å². The van der Waals surface area contributed by atoms with Gasteiger partial charge in [0.2, 0.25) is 0 Å². The number of rotatable bonds is 5. The fraction of sp³-hybridized carbons (Fsp3) is 0.769. The third-order valence-corrected chi connectivity index (χ3v) is 4.86. The highest BCUT2D eigenvalue weighted by molar-refractivity contribution is 9.09. The Morgan fingerprint density at radius 3 is 2.72 bits per heavy atom. The van der Waals surface area contributed by atoms with Crippen LogP contribution in [-0.2, 0) is 13.1 Å². The summed E-state index contributed by atoms with van der Waals surface area (Å²) in [6.07, 6.45) is 2.59. The molecule has 1 aliphatic rings. The van der Waals surface area contributed by atoms with Gasteiger partial charge in [-0.05, 0) is 39.7 Å². The molecular weight excluding hydrogens is 314 g/mol. The molecule has 1 aromatic rings. The lowest BCUT2D eigenvalue weighted by Gasteiger charge is -2.34. The molecular formula is C13H21BrClN3. The van der Waals surface area contributed by atoms with Crippen LogP contribution in [0.2, 0.25) is 5.02 Å². The lowest BCUT2D eigenvalue weighted by molar-refractivity contribution is 0.204. The van der Waals surface area contributed by atoms with Crippen molar-refractivity contribution in [3.05, 3.63) is 16.4 Å². The van der Waals surface area contributed by atoms with Crippen LogP contribution in [0.3, 0.4) is 0 Å². The first-order chi connectivity index (χ1) is 8.51. The van der Waals surface area contributed by atoms with Gasteiger partial charge in [-0.3, -0.25) is 4.68 Å². The van der Waals surface area contributed by atoms with Crippen LogP contribution in [0.15, 0.2) is 0 Å². The maximum atomic E-state index is 6.33. The van der Waals surface area contributed by atoms with Crippen LogP contribution in [0.4, 0.5) is 0 Å². The molecule has 0 radical (unpaired) electrons. The molecule has 18 heavy (non-hydrogen) atoms. The molecule has 2 rings (SSSR count). The molecule has 0 N–H and O–H groups in total.